The van der Waals surface area contributed by atoms with Gasteiger partial charge in [-0.15, -0.1) is 0 Å². The van der Waals surface area contributed by atoms with Crippen LogP contribution in [0, 0.1) is 0 Å². The molecule has 0 aromatic carbocycles. The van der Waals surface area contributed by atoms with Crippen LogP contribution in [0.3, 0.4) is 0 Å². The van der Waals surface area contributed by atoms with Crippen molar-refractivity contribution in [3.05, 3.63) is 18.6 Å². The van der Waals surface area contributed by atoms with Crippen LogP contribution in [0.4, 0.5) is 5.82 Å². The lowest BCUT2D eigenvalue weighted by Gasteiger charge is -2.43. The fraction of sp³-hybridized carbons (Fsp3) is 0.667. The molecule has 3 fully saturated rings. The second-order valence-electron chi connectivity index (χ2n) is 9.47. The highest BCUT2D eigenvalue weighted by molar-refractivity contribution is 7.86. The Hall–Kier alpha value is -2.32. The van der Waals surface area contributed by atoms with E-state index in [1.54, 1.807) is 11.4 Å². The molecule has 2 aromatic heterocycles. The molecule has 2 unspecified atom stereocenters. The number of nitrogens with one attached hydrogen (secondary N) is 1. The highest BCUT2D eigenvalue weighted by Gasteiger charge is 2.57. The minimum Gasteiger partial charge on any atom is -0.393 e. The van der Waals surface area contributed by atoms with Gasteiger partial charge in [0.15, 0.2) is 6.10 Å². The van der Waals surface area contributed by atoms with Crippen LogP contribution < -0.4 is 4.90 Å². The van der Waals surface area contributed by atoms with E-state index in [2.05, 4.69) is 19.9 Å². The van der Waals surface area contributed by atoms with E-state index < -0.39 is 34.4 Å². The van der Waals surface area contributed by atoms with Gasteiger partial charge < -0.3 is 25.0 Å². The highest BCUT2D eigenvalue weighted by atomic mass is 32.2. The summed E-state index contributed by atoms with van der Waals surface area (Å²) in [5.41, 5.74) is 0.295. The molecule has 2 saturated heterocycles. The molecular weight excluding hydrogens is 462 g/mol. The molecule has 34 heavy (non-hydrogen) atoms. The van der Waals surface area contributed by atoms with Crippen molar-refractivity contribution in [2.24, 2.45) is 0 Å². The Morgan fingerprint density at radius 1 is 1.32 bits per heavy atom. The SMILES string of the molecule is CN(CC1CCCN1C(=O)C(O)CO)S(=O)(=O)N1CCN(c2ncnc3[nH]ccc23)CC12CC2. The van der Waals surface area contributed by atoms with Crippen LogP contribution >= 0.6 is 0 Å². The Morgan fingerprint density at radius 3 is 2.85 bits per heavy atom. The first kappa shape index (κ1) is 23.4. The van der Waals surface area contributed by atoms with Crippen molar-refractivity contribution < 1.29 is 23.4 Å². The number of fused-ring (bicyclic) bond motifs is 1. The van der Waals surface area contributed by atoms with Crippen molar-refractivity contribution in [1.82, 2.24) is 28.5 Å². The Bertz CT molecular complexity index is 1170. The molecule has 2 aromatic rings. The van der Waals surface area contributed by atoms with Gasteiger partial charge >= 0.3 is 0 Å². The van der Waals surface area contributed by atoms with Gasteiger partial charge in [-0.25, -0.2) is 9.97 Å². The summed E-state index contributed by atoms with van der Waals surface area (Å²) < 4.78 is 30.2. The predicted octanol–water partition coefficient (Wildman–Crippen LogP) is -0.867. The molecule has 4 heterocycles. The molecule has 5 rings (SSSR count). The van der Waals surface area contributed by atoms with Gasteiger partial charge in [0, 0.05) is 52.0 Å². The maximum atomic E-state index is 13.6. The first-order valence-electron chi connectivity index (χ1n) is 11.6. The predicted molar refractivity (Wildman–Crippen MR) is 124 cm³/mol. The summed E-state index contributed by atoms with van der Waals surface area (Å²) in [5, 5.41) is 19.8. The van der Waals surface area contributed by atoms with Gasteiger partial charge in [0.05, 0.1) is 17.5 Å². The van der Waals surface area contributed by atoms with Crippen molar-refractivity contribution in [2.45, 2.75) is 43.4 Å². The van der Waals surface area contributed by atoms with Crippen LogP contribution in [-0.2, 0) is 15.0 Å². The lowest BCUT2D eigenvalue weighted by molar-refractivity contribution is -0.143. The van der Waals surface area contributed by atoms with E-state index in [4.69, 9.17) is 5.11 Å². The third-order valence-corrected chi connectivity index (χ3v) is 9.37. The maximum absolute atomic E-state index is 13.6. The van der Waals surface area contributed by atoms with E-state index in [0.717, 1.165) is 36.1 Å². The van der Waals surface area contributed by atoms with Gasteiger partial charge in [0.1, 0.15) is 17.8 Å². The first-order valence-corrected chi connectivity index (χ1v) is 13.0. The lowest BCUT2D eigenvalue weighted by atomic mass is 10.2. The molecule has 1 saturated carbocycles. The quantitative estimate of drug-likeness (QED) is 0.451. The second kappa shape index (κ2) is 8.72. The monoisotopic (exact) mass is 493 g/mol. The van der Waals surface area contributed by atoms with Crippen LogP contribution in [0.25, 0.3) is 11.0 Å². The fourth-order valence-electron chi connectivity index (χ4n) is 5.31. The van der Waals surface area contributed by atoms with E-state index in [1.165, 1.54) is 15.5 Å². The number of carbonyl (C=O) groups excluding carboxylic acids is 1. The van der Waals surface area contributed by atoms with Crippen molar-refractivity contribution in [1.29, 1.82) is 0 Å². The van der Waals surface area contributed by atoms with Gasteiger partial charge in [0.2, 0.25) is 0 Å². The van der Waals surface area contributed by atoms with E-state index >= 15 is 0 Å². The Morgan fingerprint density at radius 2 is 2.12 bits per heavy atom. The molecule has 13 heteroatoms. The van der Waals surface area contributed by atoms with Gasteiger partial charge in [-0.2, -0.15) is 17.0 Å². The zero-order valence-corrected chi connectivity index (χ0v) is 20.0. The third-order valence-electron chi connectivity index (χ3n) is 7.31. The Kier molecular flexibility index (Phi) is 6.01. The van der Waals surface area contributed by atoms with Crippen molar-refractivity contribution in [3.63, 3.8) is 0 Å². The maximum Gasteiger partial charge on any atom is 0.282 e. The topological polar surface area (TPSA) is 146 Å². The number of aromatic nitrogens is 3. The van der Waals surface area contributed by atoms with Crippen LogP contribution in [0.15, 0.2) is 18.6 Å². The molecule has 0 radical (unpaired) electrons. The summed E-state index contributed by atoms with van der Waals surface area (Å²) in [7, 11) is -2.21. The molecule has 1 spiro atoms. The number of aromatic amines is 1. The number of piperazine rings is 1. The zero-order valence-electron chi connectivity index (χ0n) is 19.2. The van der Waals surface area contributed by atoms with Crippen LogP contribution in [0.5, 0.6) is 0 Å². The number of carbonyl (C=O) groups is 1. The summed E-state index contributed by atoms with van der Waals surface area (Å²) >= 11 is 0. The van der Waals surface area contributed by atoms with Gasteiger partial charge in [-0.1, -0.05) is 0 Å². The molecule has 3 N–H and O–H groups in total. The second-order valence-corrected chi connectivity index (χ2v) is 11.4. The Balaban J connectivity index is 1.30. The molecule has 3 aliphatic rings. The number of anilines is 1. The number of amides is 1. The average Bonchev–Trinajstić information content (AvgIpc) is 3.23. The van der Waals surface area contributed by atoms with Gasteiger partial charge in [-0.3, -0.25) is 4.79 Å². The highest BCUT2D eigenvalue weighted by Crippen LogP contribution is 2.47. The number of hydrogen-bond donors (Lipinski definition) is 3. The van der Waals surface area contributed by atoms with E-state index in [1.807, 2.05) is 12.3 Å². The number of rotatable bonds is 7. The molecule has 0 bridgehead atoms. The van der Waals surface area contributed by atoms with E-state index in [9.17, 15) is 18.3 Å². The summed E-state index contributed by atoms with van der Waals surface area (Å²) in [4.78, 5) is 27.8. The standard InChI is InChI=1S/C21H31N7O5S/c1-25(11-15-3-2-8-27(15)20(31)17(30)12-29)34(32,33)28-10-9-26(13-21(28)5-6-21)19-16-4-7-22-18(16)23-14-24-19/h4,7,14-15,17,29-30H,2-3,5-6,8-13H2,1H3,(H,22,23,24). The molecule has 2 atom stereocenters. The van der Waals surface area contributed by atoms with E-state index in [0.29, 0.717) is 32.6 Å². The summed E-state index contributed by atoms with van der Waals surface area (Å²) in [6.07, 6.45) is 4.83. The summed E-state index contributed by atoms with van der Waals surface area (Å²) in [5.74, 6) is 0.259. The number of H-pyrrole nitrogens is 1. The lowest BCUT2D eigenvalue weighted by Crippen LogP contribution is -2.60. The van der Waals surface area contributed by atoms with Crippen molar-refractivity contribution >= 4 is 33.0 Å². The van der Waals surface area contributed by atoms with Crippen LogP contribution in [0.1, 0.15) is 25.7 Å². The van der Waals surface area contributed by atoms with Gasteiger partial charge in [0.25, 0.3) is 16.1 Å². The minimum absolute atomic E-state index is 0.151. The number of aliphatic hydroxyl groups excluding tert-OH is 2. The molecule has 2 aliphatic heterocycles. The van der Waals surface area contributed by atoms with Crippen LogP contribution in [-0.4, -0.2) is 117 Å². The van der Waals surface area contributed by atoms with E-state index in [-0.39, 0.29) is 12.6 Å². The molecule has 1 amide bonds. The molecule has 12 nitrogen and oxygen atoms in total. The number of nitrogens with zero attached hydrogens (tertiary/aromatic N) is 6. The van der Waals surface area contributed by atoms with Crippen molar-refractivity contribution in [3.8, 4) is 0 Å². The first-order chi connectivity index (χ1) is 16.3. The smallest absolute Gasteiger partial charge is 0.282 e. The molecule has 186 valence electrons. The number of hydrogen-bond acceptors (Lipinski definition) is 8. The fourth-order valence-corrected chi connectivity index (χ4v) is 7.05. The van der Waals surface area contributed by atoms with Gasteiger partial charge in [-0.05, 0) is 31.7 Å². The third kappa shape index (κ3) is 3.94. The minimum atomic E-state index is -3.76. The largest absolute Gasteiger partial charge is 0.393 e. The Labute approximate surface area is 198 Å². The number of likely N-dealkylation sites (tertiary alicyclic amines) is 1. The molecular formula is C21H31N7O5S. The number of likely N-dealkylation sites (N-methyl/N-ethyl adjacent to an activating group) is 1. The summed E-state index contributed by atoms with van der Waals surface area (Å²) in [6.45, 7) is 1.38. The number of aliphatic hydroxyl groups is 2. The normalized spacial score (nSPS) is 23.8. The molecule has 1 aliphatic carbocycles. The van der Waals surface area contributed by atoms with Crippen molar-refractivity contribution in [2.75, 3.05) is 51.3 Å². The zero-order chi connectivity index (χ0) is 24.1. The average molecular weight is 494 g/mol. The van der Waals surface area contributed by atoms with Crippen LogP contribution in [0.2, 0.25) is 0 Å². The summed E-state index contributed by atoms with van der Waals surface area (Å²) in [6, 6.07) is 1.61.